The molecule has 0 saturated carbocycles. The number of hydrogen-bond donors (Lipinski definition) is 0. The van der Waals surface area contributed by atoms with E-state index in [-0.39, 0.29) is 6.10 Å². The summed E-state index contributed by atoms with van der Waals surface area (Å²) in [4.78, 5) is 18.2. The van der Waals surface area contributed by atoms with Gasteiger partial charge in [-0.25, -0.2) is 9.97 Å². The molecule has 0 aliphatic carbocycles. The fraction of sp³-hybridized carbons (Fsp3) is 0.565. The average Bonchev–Trinajstić information content (AvgIpc) is 3.28. The Bertz CT molecular complexity index is 1040. The zero-order chi connectivity index (χ0) is 21.9. The van der Waals surface area contributed by atoms with E-state index in [4.69, 9.17) is 14.0 Å². The van der Waals surface area contributed by atoms with Crippen LogP contribution >= 0.6 is 0 Å². The maximum absolute atomic E-state index is 5.89. The highest BCUT2D eigenvalue weighted by atomic mass is 16.5. The Morgan fingerprint density at radius 2 is 1.91 bits per heavy atom. The first-order chi connectivity index (χ1) is 15.7. The first-order valence-electron chi connectivity index (χ1n) is 11.4. The average molecular weight is 439 g/mol. The summed E-state index contributed by atoms with van der Waals surface area (Å²) in [5.41, 5.74) is 2.07. The fourth-order valence-corrected chi connectivity index (χ4v) is 4.34. The van der Waals surface area contributed by atoms with Gasteiger partial charge in [0, 0.05) is 51.0 Å². The minimum atomic E-state index is 0.0670. The predicted molar refractivity (Wildman–Crippen MR) is 120 cm³/mol. The SMILES string of the molecule is CC(C)Oc1ncnc2ccc(N3CCN(Cc4noc(C5CCOCC5)n4)CC3)cc12. The third-order valence-corrected chi connectivity index (χ3v) is 6.09. The molecular formula is C23H30N6O3. The van der Waals surface area contributed by atoms with Gasteiger partial charge >= 0.3 is 0 Å². The first-order valence-corrected chi connectivity index (χ1v) is 11.4. The van der Waals surface area contributed by atoms with Crippen molar-refractivity contribution in [3.63, 3.8) is 0 Å². The lowest BCUT2D eigenvalue weighted by Gasteiger charge is -2.35. The molecule has 4 heterocycles. The molecule has 9 heteroatoms. The molecule has 0 unspecified atom stereocenters. The van der Waals surface area contributed by atoms with Crippen molar-refractivity contribution < 1.29 is 14.0 Å². The number of ether oxygens (including phenoxy) is 2. The van der Waals surface area contributed by atoms with Crippen LogP contribution in [0.3, 0.4) is 0 Å². The molecular weight excluding hydrogens is 408 g/mol. The predicted octanol–water partition coefficient (Wildman–Crippen LogP) is 3.02. The van der Waals surface area contributed by atoms with E-state index in [0.29, 0.717) is 11.8 Å². The van der Waals surface area contributed by atoms with Crippen molar-refractivity contribution >= 4 is 16.6 Å². The lowest BCUT2D eigenvalue weighted by atomic mass is 10.0. The summed E-state index contributed by atoms with van der Waals surface area (Å²) < 4.78 is 16.9. The van der Waals surface area contributed by atoms with Gasteiger partial charge < -0.3 is 18.9 Å². The van der Waals surface area contributed by atoms with Gasteiger partial charge in [-0.3, -0.25) is 4.90 Å². The standard InChI is InChI=1S/C23H30N6O3/c1-16(2)31-23-19-13-18(3-4-20(19)24-15-25-23)29-9-7-28(8-10-29)14-21-26-22(32-27-21)17-5-11-30-12-6-17/h3-4,13,15-17H,5-12,14H2,1-2H3. The molecule has 2 fully saturated rings. The third kappa shape index (κ3) is 4.68. The summed E-state index contributed by atoms with van der Waals surface area (Å²) in [6.07, 6.45) is 3.55. The summed E-state index contributed by atoms with van der Waals surface area (Å²) in [5, 5.41) is 5.17. The van der Waals surface area contributed by atoms with Crippen molar-refractivity contribution in [1.82, 2.24) is 25.0 Å². The first kappa shape index (κ1) is 21.1. The Labute approximate surface area is 187 Å². The highest BCUT2D eigenvalue weighted by Gasteiger charge is 2.24. The van der Waals surface area contributed by atoms with Crippen molar-refractivity contribution in [2.75, 3.05) is 44.3 Å². The topological polar surface area (TPSA) is 89.6 Å². The molecule has 2 aromatic heterocycles. The van der Waals surface area contributed by atoms with Crippen LogP contribution in [0.5, 0.6) is 5.88 Å². The van der Waals surface area contributed by atoms with Crippen molar-refractivity contribution in [2.24, 2.45) is 0 Å². The number of hydrogen-bond acceptors (Lipinski definition) is 9. The zero-order valence-electron chi connectivity index (χ0n) is 18.7. The van der Waals surface area contributed by atoms with Gasteiger partial charge in [0.2, 0.25) is 11.8 Å². The Morgan fingerprint density at radius 3 is 2.69 bits per heavy atom. The van der Waals surface area contributed by atoms with Crippen LogP contribution in [0.1, 0.15) is 44.3 Å². The van der Waals surface area contributed by atoms with Gasteiger partial charge in [-0.1, -0.05) is 5.16 Å². The monoisotopic (exact) mass is 438 g/mol. The lowest BCUT2D eigenvalue weighted by molar-refractivity contribution is 0.0778. The van der Waals surface area contributed by atoms with Crippen molar-refractivity contribution in [1.29, 1.82) is 0 Å². The largest absolute Gasteiger partial charge is 0.474 e. The third-order valence-electron chi connectivity index (χ3n) is 6.09. The van der Waals surface area contributed by atoms with Crippen LogP contribution in [0.15, 0.2) is 29.0 Å². The smallest absolute Gasteiger partial charge is 0.229 e. The van der Waals surface area contributed by atoms with Crippen molar-refractivity contribution in [3.8, 4) is 5.88 Å². The van der Waals surface area contributed by atoms with Crippen molar-refractivity contribution in [2.45, 2.75) is 45.3 Å². The zero-order valence-corrected chi connectivity index (χ0v) is 18.7. The van der Waals surface area contributed by atoms with Gasteiger partial charge in [0.25, 0.3) is 0 Å². The molecule has 0 radical (unpaired) electrons. The number of piperazine rings is 1. The molecule has 1 aromatic carbocycles. The molecule has 0 bridgehead atoms. The summed E-state index contributed by atoms with van der Waals surface area (Å²) in [5.74, 6) is 2.52. The van der Waals surface area contributed by atoms with Gasteiger partial charge in [0.15, 0.2) is 5.82 Å². The summed E-state index contributed by atoms with van der Waals surface area (Å²) in [6, 6.07) is 6.31. The Morgan fingerprint density at radius 1 is 1.09 bits per heavy atom. The lowest BCUT2D eigenvalue weighted by Crippen LogP contribution is -2.46. The van der Waals surface area contributed by atoms with E-state index >= 15 is 0 Å². The number of benzene rings is 1. The molecule has 0 atom stereocenters. The molecule has 5 rings (SSSR count). The second-order valence-electron chi connectivity index (χ2n) is 8.75. The van der Waals surface area contributed by atoms with Crippen LogP contribution in [-0.2, 0) is 11.3 Å². The summed E-state index contributed by atoms with van der Waals surface area (Å²) in [6.45, 7) is 10.0. The quantitative estimate of drug-likeness (QED) is 0.576. The molecule has 0 spiro atoms. The second kappa shape index (κ2) is 9.38. The van der Waals surface area contributed by atoms with Crippen LogP contribution in [0.25, 0.3) is 10.9 Å². The molecule has 2 aliphatic heterocycles. The number of rotatable bonds is 6. The second-order valence-corrected chi connectivity index (χ2v) is 8.75. The minimum Gasteiger partial charge on any atom is -0.474 e. The maximum Gasteiger partial charge on any atom is 0.229 e. The van der Waals surface area contributed by atoms with Crippen LogP contribution in [0, 0.1) is 0 Å². The van der Waals surface area contributed by atoms with Gasteiger partial charge in [0.1, 0.15) is 6.33 Å². The molecule has 0 amide bonds. The van der Waals surface area contributed by atoms with Gasteiger partial charge in [-0.15, -0.1) is 0 Å². The van der Waals surface area contributed by atoms with Crippen molar-refractivity contribution in [3.05, 3.63) is 36.2 Å². The van der Waals surface area contributed by atoms with Crippen LogP contribution in [-0.4, -0.2) is 70.5 Å². The Hall–Kier alpha value is -2.78. The molecule has 0 N–H and O–H groups in total. The number of nitrogens with zero attached hydrogens (tertiary/aromatic N) is 6. The van der Waals surface area contributed by atoms with Gasteiger partial charge in [-0.05, 0) is 44.9 Å². The van der Waals surface area contributed by atoms with E-state index in [2.05, 4.69) is 42.0 Å². The minimum absolute atomic E-state index is 0.0670. The Balaban J connectivity index is 1.21. The van der Waals surface area contributed by atoms with Gasteiger partial charge in [0.05, 0.1) is 23.6 Å². The molecule has 2 saturated heterocycles. The maximum atomic E-state index is 5.89. The number of aromatic nitrogens is 4. The van der Waals surface area contributed by atoms with E-state index in [1.807, 2.05) is 19.9 Å². The normalized spacial score (nSPS) is 18.5. The highest BCUT2D eigenvalue weighted by molar-refractivity contribution is 5.86. The van der Waals surface area contributed by atoms with Crippen LogP contribution < -0.4 is 9.64 Å². The van der Waals surface area contributed by atoms with Crippen LogP contribution in [0.4, 0.5) is 5.69 Å². The van der Waals surface area contributed by atoms with E-state index < -0.39 is 0 Å². The van der Waals surface area contributed by atoms with E-state index in [9.17, 15) is 0 Å². The summed E-state index contributed by atoms with van der Waals surface area (Å²) >= 11 is 0. The van der Waals surface area contributed by atoms with Gasteiger partial charge in [-0.2, -0.15) is 4.98 Å². The molecule has 32 heavy (non-hydrogen) atoms. The molecule has 3 aromatic rings. The van der Waals surface area contributed by atoms with Crippen LogP contribution in [0.2, 0.25) is 0 Å². The number of fused-ring (bicyclic) bond motifs is 1. The number of anilines is 1. The Kier molecular flexibility index (Phi) is 6.18. The summed E-state index contributed by atoms with van der Waals surface area (Å²) in [7, 11) is 0. The highest BCUT2D eigenvalue weighted by Crippen LogP contribution is 2.28. The van der Waals surface area contributed by atoms with E-state index in [1.54, 1.807) is 6.33 Å². The molecule has 2 aliphatic rings. The molecule has 170 valence electrons. The fourth-order valence-electron chi connectivity index (χ4n) is 4.34. The van der Waals surface area contributed by atoms with E-state index in [0.717, 1.165) is 81.4 Å². The molecule has 9 nitrogen and oxygen atoms in total. The van der Waals surface area contributed by atoms with E-state index in [1.165, 1.54) is 5.69 Å².